The van der Waals surface area contributed by atoms with Crippen molar-refractivity contribution in [2.75, 3.05) is 18.9 Å². The standard InChI is InChI=1S/C16H16F3NO3S/c17-16(18,19)12-3-1-4-13(9-12)23-10-15(21)20-6-8-24-11-14-5-2-7-22-14/h1-5,7,9H,6,8,10-11H2,(H,20,21). The van der Waals surface area contributed by atoms with Crippen molar-refractivity contribution in [1.29, 1.82) is 0 Å². The zero-order valence-electron chi connectivity index (χ0n) is 12.6. The van der Waals surface area contributed by atoms with Gasteiger partial charge in [-0.15, -0.1) is 0 Å². The van der Waals surface area contributed by atoms with E-state index < -0.39 is 11.7 Å². The number of rotatable bonds is 8. The van der Waals surface area contributed by atoms with Crippen LogP contribution in [0.5, 0.6) is 5.75 Å². The summed E-state index contributed by atoms with van der Waals surface area (Å²) in [5.74, 6) is 1.89. The molecule has 8 heteroatoms. The van der Waals surface area contributed by atoms with Crippen molar-refractivity contribution in [3.05, 3.63) is 54.0 Å². The number of ether oxygens (including phenoxy) is 1. The average Bonchev–Trinajstić information content (AvgIpc) is 3.05. The highest BCUT2D eigenvalue weighted by Crippen LogP contribution is 2.31. The summed E-state index contributed by atoms with van der Waals surface area (Å²) in [6.45, 7) is 0.111. The number of amides is 1. The van der Waals surface area contributed by atoms with Gasteiger partial charge in [0.15, 0.2) is 6.61 Å². The number of carbonyl (C=O) groups is 1. The molecule has 130 valence electrons. The first kappa shape index (κ1) is 18.3. The van der Waals surface area contributed by atoms with Gasteiger partial charge in [-0.05, 0) is 30.3 Å². The number of alkyl halides is 3. The van der Waals surface area contributed by atoms with E-state index in [-0.39, 0.29) is 18.3 Å². The molecule has 0 saturated heterocycles. The van der Waals surface area contributed by atoms with Crippen molar-refractivity contribution in [2.24, 2.45) is 0 Å². The van der Waals surface area contributed by atoms with Gasteiger partial charge in [-0.2, -0.15) is 24.9 Å². The third-order valence-corrected chi connectivity index (χ3v) is 3.91. The molecular formula is C16H16F3NO3S. The smallest absolute Gasteiger partial charge is 0.416 e. The Balaban J connectivity index is 1.64. The van der Waals surface area contributed by atoms with Crippen LogP contribution < -0.4 is 10.1 Å². The molecule has 0 atom stereocenters. The van der Waals surface area contributed by atoms with Crippen LogP contribution in [0, 0.1) is 0 Å². The van der Waals surface area contributed by atoms with E-state index in [1.165, 1.54) is 12.1 Å². The summed E-state index contributed by atoms with van der Waals surface area (Å²) in [5, 5.41) is 2.64. The van der Waals surface area contributed by atoms with E-state index in [9.17, 15) is 18.0 Å². The predicted molar refractivity (Wildman–Crippen MR) is 84.8 cm³/mol. The highest BCUT2D eigenvalue weighted by atomic mass is 32.2. The van der Waals surface area contributed by atoms with Crippen molar-refractivity contribution >= 4 is 17.7 Å². The normalized spacial score (nSPS) is 11.3. The average molecular weight is 359 g/mol. The second-order valence-corrected chi connectivity index (χ2v) is 5.90. The van der Waals surface area contributed by atoms with Crippen molar-refractivity contribution in [3.63, 3.8) is 0 Å². The summed E-state index contributed by atoms with van der Waals surface area (Å²) in [7, 11) is 0. The summed E-state index contributed by atoms with van der Waals surface area (Å²) in [5.41, 5.74) is -0.810. The largest absolute Gasteiger partial charge is 0.484 e. The SMILES string of the molecule is O=C(COc1cccc(C(F)(F)F)c1)NCCSCc1ccco1. The van der Waals surface area contributed by atoms with Crippen molar-refractivity contribution in [2.45, 2.75) is 11.9 Å². The zero-order chi connectivity index (χ0) is 17.4. The molecule has 0 spiro atoms. The van der Waals surface area contributed by atoms with Gasteiger partial charge in [0.2, 0.25) is 0 Å². The summed E-state index contributed by atoms with van der Waals surface area (Å²) >= 11 is 1.60. The second kappa shape index (κ2) is 8.68. The number of benzene rings is 1. The van der Waals surface area contributed by atoms with E-state index in [4.69, 9.17) is 9.15 Å². The lowest BCUT2D eigenvalue weighted by Gasteiger charge is -2.10. The number of hydrogen-bond acceptors (Lipinski definition) is 4. The fraction of sp³-hybridized carbons (Fsp3) is 0.312. The minimum Gasteiger partial charge on any atom is -0.484 e. The molecule has 1 heterocycles. The molecule has 0 aliphatic carbocycles. The van der Waals surface area contributed by atoms with E-state index in [0.29, 0.717) is 18.1 Å². The molecule has 0 saturated carbocycles. The van der Waals surface area contributed by atoms with Crippen LogP contribution >= 0.6 is 11.8 Å². The highest BCUT2D eigenvalue weighted by Gasteiger charge is 2.30. The molecule has 0 aliphatic rings. The third-order valence-electron chi connectivity index (χ3n) is 2.92. The number of hydrogen-bond donors (Lipinski definition) is 1. The Morgan fingerprint density at radius 2 is 2.08 bits per heavy atom. The lowest BCUT2D eigenvalue weighted by molar-refractivity contribution is -0.137. The summed E-state index contributed by atoms with van der Waals surface area (Å²) in [6, 6.07) is 8.11. The van der Waals surface area contributed by atoms with Gasteiger partial charge in [0.1, 0.15) is 11.5 Å². The Morgan fingerprint density at radius 3 is 2.79 bits per heavy atom. The lowest BCUT2D eigenvalue weighted by Crippen LogP contribution is -2.30. The Morgan fingerprint density at radius 1 is 1.25 bits per heavy atom. The quantitative estimate of drug-likeness (QED) is 0.730. The van der Waals surface area contributed by atoms with Gasteiger partial charge in [0.25, 0.3) is 5.91 Å². The lowest BCUT2D eigenvalue weighted by atomic mass is 10.2. The first-order chi connectivity index (χ1) is 11.4. The van der Waals surface area contributed by atoms with Crippen LogP contribution in [-0.4, -0.2) is 24.8 Å². The van der Waals surface area contributed by atoms with Crippen LogP contribution in [0.15, 0.2) is 47.1 Å². The van der Waals surface area contributed by atoms with Crippen molar-refractivity contribution in [3.8, 4) is 5.75 Å². The fourth-order valence-electron chi connectivity index (χ4n) is 1.79. The summed E-state index contributed by atoms with van der Waals surface area (Å²) < 4.78 is 48.0. The minimum absolute atomic E-state index is 0.00664. The zero-order valence-corrected chi connectivity index (χ0v) is 13.5. The Kier molecular flexibility index (Phi) is 6.60. The summed E-state index contributed by atoms with van der Waals surface area (Å²) in [6.07, 6.45) is -2.84. The second-order valence-electron chi connectivity index (χ2n) is 4.80. The highest BCUT2D eigenvalue weighted by molar-refractivity contribution is 7.98. The predicted octanol–water partition coefficient (Wildman–Crippen LogP) is 3.73. The molecule has 2 rings (SSSR count). The van der Waals surface area contributed by atoms with E-state index in [2.05, 4.69) is 5.32 Å². The van der Waals surface area contributed by atoms with E-state index in [0.717, 1.165) is 17.9 Å². The maximum atomic E-state index is 12.6. The maximum Gasteiger partial charge on any atom is 0.416 e. The van der Waals surface area contributed by atoms with Crippen LogP contribution in [0.4, 0.5) is 13.2 Å². The van der Waals surface area contributed by atoms with Crippen LogP contribution in [0.25, 0.3) is 0 Å². The number of carbonyl (C=O) groups excluding carboxylic acids is 1. The molecule has 1 N–H and O–H groups in total. The molecule has 1 amide bonds. The van der Waals surface area contributed by atoms with Crippen LogP contribution in [0.2, 0.25) is 0 Å². The molecule has 4 nitrogen and oxygen atoms in total. The number of furan rings is 1. The van der Waals surface area contributed by atoms with Gasteiger partial charge < -0.3 is 14.5 Å². The van der Waals surface area contributed by atoms with Gasteiger partial charge in [-0.3, -0.25) is 4.79 Å². The topological polar surface area (TPSA) is 51.5 Å². The van der Waals surface area contributed by atoms with E-state index in [1.54, 1.807) is 18.0 Å². The Hall–Kier alpha value is -2.09. The molecule has 1 aromatic heterocycles. The van der Waals surface area contributed by atoms with Gasteiger partial charge >= 0.3 is 6.18 Å². The Bertz CT molecular complexity index is 644. The van der Waals surface area contributed by atoms with E-state index in [1.807, 2.05) is 12.1 Å². The first-order valence-electron chi connectivity index (χ1n) is 7.12. The maximum absolute atomic E-state index is 12.6. The van der Waals surface area contributed by atoms with Crippen LogP contribution in [0.3, 0.4) is 0 Å². The molecular weight excluding hydrogens is 343 g/mol. The van der Waals surface area contributed by atoms with Crippen LogP contribution in [0.1, 0.15) is 11.3 Å². The molecule has 0 unspecified atom stereocenters. The fourth-order valence-corrected chi connectivity index (χ4v) is 2.55. The molecule has 0 aliphatic heterocycles. The number of halogens is 3. The molecule has 2 aromatic rings. The molecule has 24 heavy (non-hydrogen) atoms. The summed E-state index contributed by atoms with van der Waals surface area (Å²) in [4.78, 5) is 11.6. The van der Waals surface area contributed by atoms with E-state index >= 15 is 0 Å². The van der Waals surface area contributed by atoms with Crippen molar-refractivity contribution < 1.29 is 27.1 Å². The minimum atomic E-state index is -4.44. The van der Waals surface area contributed by atoms with Crippen molar-refractivity contribution in [1.82, 2.24) is 5.32 Å². The molecule has 0 fully saturated rings. The molecule has 0 bridgehead atoms. The van der Waals surface area contributed by atoms with Gasteiger partial charge in [0, 0.05) is 12.3 Å². The van der Waals surface area contributed by atoms with Gasteiger partial charge in [-0.25, -0.2) is 0 Å². The van der Waals surface area contributed by atoms with Gasteiger partial charge in [0.05, 0.1) is 17.6 Å². The van der Waals surface area contributed by atoms with Gasteiger partial charge in [-0.1, -0.05) is 6.07 Å². The Labute approximate surface area is 141 Å². The number of nitrogens with one attached hydrogen (secondary N) is 1. The number of thioether (sulfide) groups is 1. The first-order valence-corrected chi connectivity index (χ1v) is 8.27. The monoisotopic (exact) mass is 359 g/mol. The van der Waals surface area contributed by atoms with Crippen LogP contribution in [-0.2, 0) is 16.7 Å². The molecule has 1 aromatic carbocycles. The molecule has 0 radical (unpaired) electrons. The third kappa shape index (κ3) is 6.19.